The lowest BCUT2D eigenvalue weighted by atomic mass is 9.96. The third kappa shape index (κ3) is 4.19. The van der Waals surface area contributed by atoms with Crippen molar-refractivity contribution in [3.63, 3.8) is 0 Å². The molecule has 3 unspecified atom stereocenters. The molecule has 2 aliphatic rings. The minimum absolute atomic E-state index is 0.0463. The van der Waals surface area contributed by atoms with Crippen molar-refractivity contribution in [2.45, 2.75) is 76.5 Å². The molecule has 0 spiro atoms. The van der Waals surface area contributed by atoms with Crippen LogP contribution in [0.3, 0.4) is 0 Å². The predicted octanol–water partition coefficient (Wildman–Crippen LogP) is 1.68. The second-order valence-corrected chi connectivity index (χ2v) is 7.55. The van der Waals surface area contributed by atoms with Gasteiger partial charge < -0.3 is 15.3 Å². The summed E-state index contributed by atoms with van der Waals surface area (Å²) in [5, 5.41) is 13.6. The van der Waals surface area contributed by atoms with Gasteiger partial charge in [0.15, 0.2) is 0 Å². The van der Waals surface area contributed by atoms with E-state index in [1.165, 1.54) is 38.9 Å². The van der Waals surface area contributed by atoms with Gasteiger partial charge in [0, 0.05) is 30.2 Å². The van der Waals surface area contributed by atoms with Crippen LogP contribution in [0.1, 0.15) is 52.9 Å². The molecule has 3 atom stereocenters. The number of aliphatic hydroxyl groups is 1. The Kier molecular flexibility index (Phi) is 6.06. The number of nitrogens with zero attached hydrogens (tertiary/aromatic N) is 2. The van der Waals surface area contributed by atoms with Gasteiger partial charge in [-0.25, -0.2) is 0 Å². The van der Waals surface area contributed by atoms with Gasteiger partial charge in [-0.1, -0.05) is 20.8 Å². The van der Waals surface area contributed by atoms with Crippen LogP contribution in [0.15, 0.2) is 0 Å². The van der Waals surface area contributed by atoms with Crippen molar-refractivity contribution >= 4 is 0 Å². The molecule has 0 aromatic carbocycles. The van der Waals surface area contributed by atoms with Gasteiger partial charge in [-0.05, 0) is 52.2 Å². The maximum Gasteiger partial charge on any atom is 0.0614 e. The van der Waals surface area contributed by atoms with Crippen molar-refractivity contribution in [1.29, 1.82) is 0 Å². The summed E-state index contributed by atoms with van der Waals surface area (Å²) in [6.07, 6.45) is 5.93. The summed E-state index contributed by atoms with van der Waals surface area (Å²) in [4.78, 5) is 5.23. The monoisotopic (exact) mass is 297 g/mol. The van der Waals surface area contributed by atoms with E-state index in [0.717, 1.165) is 12.8 Å². The molecule has 4 heteroatoms. The Hall–Kier alpha value is -0.160. The molecular formula is C17H35N3O. The minimum atomic E-state index is -0.0463. The number of nitrogens with one attached hydrogen (secondary N) is 1. The Morgan fingerprint density at radius 3 is 2.71 bits per heavy atom. The average Bonchev–Trinajstić information content (AvgIpc) is 2.75. The number of aliphatic hydroxyl groups excluding tert-OH is 1. The lowest BCUT2D eigenvalue weighted by molar-refractivity contribution is 0.107. The van der Waals surface area contributed by atoms with Crippen molar-refractivity contribution in [3.05, 3.63) is 0 Å². The van der Waals surface area contributed by atoms with Crippen LogP contribution in [0.2, 0.25) is 0 Å². The number of hydrogen-bond donors (Lipinski definition) is 2. The van der Waals surface area contributed by atoms with Crippen LogP contribution < -0.4 is 5.32 Å². The van der Waals surface area contributed by atoms with E-state index < -0.39 is 0 Å². The van der Waals surface area contributed by atoms with Gasteiger partial charge in [-0.3, -0.25) is 4.90 Å². The molecular weight excluding hydrogens is 262 g/mol. The molecule has 1 saturated carbocycles. The van der Waals surface area contributed by atoms with Crippen molar-refractivity contribution in [2.75, 3.05) is 33.3 Å². The van der Waals surface area contributed by atoms with E-state index in [-0.39, 0.29) is 12.1 Å². The van der Waals surface area contributed by atoms with E-state index in [2.05, 4.69) is 42.9 Å². The summed E-state index contributed by atoms with van der Waals surface area (Å²) < 4.78 is 0. The molecule has 124 valence electrons. The van der Waals surface area contributed by atoms with Gasteiger partial charge in [-0.2, -0.15) is 0 Å². The highest BCUT2D eigenvalue weighted by atomic mass is 16.3. The number of rotatable bonds is 5. The highest BCUT2D eigenvalue weighted by Gasteiger charge is 2.42. The Morgan fingerprint density at radius 2 is 2.10 bits per heavy atom. The molecule has 0 radical (unpaired) electrons. The van der Waals surface area contributed by atoms with Gasteiger partial charge in [0.25, 0.3) is 0 Å². The zero-order valence-corrected chi connectivity index (χ0v) is 14.4. The quantitative estimate of drug-likeness (QED) is 0.810. The summed E-state index contributed by atoms with van der Waals surface area (Å²) >= 11 is 0. The van der Waals surface area contributed by atoms with E-state index in [0.29, 0.717) is 18.1 Å². The molecule has 1 heterocycles. The highest BCUT2D eigenvalue weighted by Crippen LogP contribution is 2.35. The van der Waals surface area contributed by atoms with Crippen LogP contribution in [0.5, 0.6) is 0 Å². The van der Waals surface area contributed by atoms with Gasteiger partial charge >= 0.3 is 0 Å². The molecule has 2 N–H and O–H groups in total. The summed E-state index contributed by atoms with van der Waals surface area (Å²) in [6, 6.07) is 1.75. The fraction of sp³-hybridized carbons (Fsp3) is 1.00. The number of hydrogen-bond acceptors (Lipinski definition) is 4. The molecule has 1 aliphatic heterocycles. The number of likely N-dealkylation sites (N-methyl/N-ethyl adjacent to an activating group) is 1. The zero-order valence-electron chi connectivity index (χ0n) is 14.4. The van der Waals surface area contributed by atoms with Crippen molar-refractivity contribution < 1.29 is 5.11 Å². The first kappa shape index (κ1) is 17.2. The second kappa shape index (κ2) is 7.40. The topological polar surface area (TPSA) is 38.7 Å². The van der Waals surface area contributed by atoms with Gasteiger partial charge in [0.05, 0.1) is 6.61 Å². The largest absolute Gasteiger partial charge is 0.394 e. The third-order valence-corrected chi connectivity index (χ3v) is 5.37. The highest BCUT2D eigenvalue weighted by molar-refractivity contribution is 5.01. The van der Waals surface area contributed by atoms with E-state index in [9.17, 15) is 5.11 Å². The van der Waals surface area contributed by atoms with Crippen LogP contribution in [0.4, 0.5) is 0 Å². The van der Waals surface area contributed by atoms with Crippen LogP contribution in [0, 0.1) is 0 Å². The summed E-state index contributed by atoms with van der Waals surface area (Å²) in [7, 11) is 2.25. The van der Waals surface area contributed by atoms with Crippen LogP contribution in [-0.2, 0) is 0 Å². The molecule has 0 aromatic rings. The SMILES string of the molecule is CCC1CN(C)CCCN1C1CCC(CO)(NC(C)C)C1. The van der Waals surface area contributed by atoms with Gasteiger partial charge in [0.2, 0.25) is 0 Å². The molecule has 21 heavy (non-hydrogen) atoms. The molecule has 4 nitrogen and oxygen atoms in total. The maximum atomic E-state index is 9.91. The summed E-state index contributed by atoms with van der Waals surface area (Å²) in [5.41, 5.74) is -0.0463. The fourth-order valence-electron chi connectivity index (χ4n) is 4.42. The second-order valence-electron chi connectivity index (χ2n) is 7.55. The molecule has 2 rings (SSSR count). The smallest absolute Gasteiger partial charge is 0.0614 e. The molecule has 0 amide bonds. The first-order valence-electron chi connectivity index (χ1n) is 8.82. The van der Waals surface area contributed by atoms with Gasteiger partial charge in [-0.15, -0.1) is 0 Å². The predicted molar refractivity (Wildman–Crippen MR) is 88.6 cm³/mol. The molecule has 0 aromatic heterocycles. The Labute approximate surface area is 130 Å². The summed E-state index contributed by atoms with van der Waals surface area (Å²) in [5.74, 6) is 0. The first-order chi connectivity index (χ1) is 9.99. The normalized spacial score (nSPS) is 36.3. The van der Waals surface area contributed by atoms with Crippen LogP contribution >= 0.6 is 0 Å². The third-order valence-electron chi connectivity index (χ3n) is 5.37. The van der Waals surface area contributed by atoms with E-state index >= 15 is 0 Å². The Morgan fingerprint density at radius 1 is 1.33 bits per heavy atom. The Bertz CT molecular complexity index is 323. The van der Waals surface area contributed by atoms with Crippen molar-refractivity contribution in [1.82, 2.24) is 15.1 Å². The van der Waals surface area contributed by atoms with E-state index in [1.807, 2.05) is 0 Å². The lowest BCUT2D eigenvalue weighted by Gasteiger charge is -2.37. The van der Waals surface area contributed by atoms with Crippen LogP contribution in [-0.4, -0.2) is 71.9 Å². The zero-order chi connectivity index (χ0) is 15.5. The Balaban J connectivity index is 2.04. The van der Waals surface area contributed by atoms with Gasteiger partial charge in [0.1, 0.15) is 0 Å². The average molecular weight is 297 g/mol. The van der Waals surface area contributed by atoms with E-state index in [1.54, 1.807) is 0 Å². The maximum absolute atomic E-state index is 9.91. The standard InChI is InChI=1S/C17H35N3O/c1-5-15-12-19(4)9-6-10-20(15)16-7-8-17(11-16,13-21)18-14(2)3/h14-16,18,21H,5-13H2,1-4H3. The molecule has 2 fully saturated rings. The molecule has 0 bridgehead atoms. The summed E-state index contributed by atoms with van der Waals surface area (Å²) in [6.45, 7) is 10.6. The van der Waals surface area contributed by atoms with Crippen LogP contribution in [0.25, 0.3) is 0 Å². The fourth-order valence-corrected chi connectivity index (χ4v) is 4.42. The molecule has 1 saturated heterocycles. The first-order valence-corrected chi connectivity index (χ1v) is 8.82. The molecule has 1 aliphatic carbocycles. The minimum Gasteiger partial charge on any atom is -0.394 e. The van der Waals surface area contributed by atoms with Crippen molar-refractivity contribution in [2.24, 2.45) is 0 Å². The lowest BCUT2D eigenvalue weighted by Crippen LogP contribution is -2.52. The van der Waals surface area contributed by atoms with E-state index in [4.69, 9.17) is 0 Å². The van der Waals surface area contributed by atoms with Crippen molar-refractivity contribution in [3.8, 4) is 0 Å².